The lowest BCUT2D eigenvalue weighted by Crippen LogP contribution is -2.36. The third kappa shape index (κ3) is 6.44. The second-order valence-corrected chi connectivity index (χ2v) is 11.6. The summed E-state index contributed by atoms with van der Waals surface area (Å²) in [5.74, 6) is 0.514. The SMILES string of the molecule is CCOc1ccc2nc(N(CCN(C)C)C(=O)c3ccc(S(=O)(=O)N(C)c4ccccc4)cc3)sc2c1.Cl. The minimum absolute atomic E-state index is 0. The molecule has 1 aromatic heterocycles. The zero-order valence-corrected chi connectivity index (χ0v) is 24.1. The second kappa shape index (κ2) is 12.6. The summed E-state index contributed by atoms with van der Waals surface area (Å²) in [6.07, 6.45) is 0. The van der Waals surface area contributed by atoms with Crippen LogP contribution in [0.1, 0.15) is 17.3 Å². The van der Waals surface area contributed by atoms with Gasteiger partial charge in [0.05, 0.1) is 27.4 Å². The van der Waals surface area contributed by atoms with Crippen LogP contribution in [0.2, 0.25) is 0 Å². The lowest BCUT2D eigenvalue weighted by atomic mass is 10.2. The van der Waals surface area contributed by atoms with Crippen molar-refractivity contribution >= 4 is 60.7 Å². The first kappa shape index (κ1) is 29.4. The number of nitrogens with zero attached hydrogens (tertiary/aromatic N) is 4. The summed E-state index contributed by atoms with van der Waals surface area (Å²) in [6, 6.07) is 20.6. The van der Waals surface area contributed by atoms with Gasteiger partial charge < -0.3 is 9.64 Å². The summed E-state index contributed by atoms with van der Waals surface area (Å²) in [5, 5.41) is 0.580. The van der Waals surface area contributed by atoms with E-state index in [4.69, 9.17) is 9.72 Å². The van der Waals surface area contributed by atoms with Gasteiger partial charge in [0.1, 0.15) is 5.75 Å². The predicted octanol–water partition coefficient (Wildman–Crippen LogP) is 5.15. The fourth-order valence-corrected chi connectivity index (χ4v) is 5.92. The Balaban J connectivity index is 0.00000400. The maximum absolute atomic E-state index is 13.6. The van der Waals surface area contributed by atoms with E-state index in [0.29, 0.717) is 36.1 Å². The van der Waals surface area contributed by atoms with Gasteiger partial charge in [-0.3, -0.25) is 14.0 Å². The molecule has 0 radical (unpaired) electrons. The molecule has 0 saturated heterocycles. The molecule has 0 bridgehead atoms. The number of likely N-dealkylation sites (N-methyl/N-ethyl adjacent to an activating group) is 1. The number of halogens is 1. The Morgan fingerprint density at radius 3 is 2.26 bits per heavy atom. The van der Waals surface area contributed by atoms with Gasteiger partial charge in [-0.1, -0.05) is 29.5 Å². The molecule has 0 aliphatic heterocycles. The first-order valence-corrected chi connectivity index (χ1v) is 14.1. The third-order valence-corrected chi connectivity index (χ3v) is 8.63. The average Bonchev–Trinajstić information content (AvgIpc) is 3.32. The number of ether oxygens (including phenoxy) is 1. The van der Waals surface area contributed by atoms with Gasteiger partial charge in [0.2, 0.25) is 0 Å². The highest BCUT2D eigenvalue weighted by atomic mass is 35.5. The Labute approximate surface area is 233 Å². The van der Waals surface area contributed by atoms with Crippen LogP contribution in [0.3, 0.4) is 0 Å². The predicted molar refractivity (Wildman–Crippen MR) is 157 cm³/mol. The van der Waals surface area contributed by atoms with Crippen LogP contribution in [0.25, 0.3) is 10.2 Å². The average molecular weight is 575 g/mol. The largest absolute Gasteiger partial charge is 0.494 e. The molecule has 1 heterocycles. The smallest absolute Gasteiger partial charge is 0.264 e. The summed E-state index contributed by atoms with van der Waals surface area (Å²) in [5.41, 5.74) is 1.73. The van der Waals surface area contributed by atoms with Crippen molar-refractivity contribution < 1.29 is 17.9 Å². The molecule has 11 heteroatoms. The van der Waals surface area contributed by atoms with Gasteiger partial charge in [-0.05, 0) is 75.6 Å². The number of sulfonamides is 1. The molecule has 4 aromatic rings. The van der Waals surface area contributed by atoms with Crippen LogP contribution in [-0.4, -0.2) is 65.0 Å². The van der Waals surface area contributed by atoms with Gasteiger partial charge in [0.25, 0.3) is 15.9 Å². The fourth-order valence-electron chi connectivity index (χ4n) is 3.71. The van der Waals surface area contributed by atoms with Gasteiger partial charge in [-0.15, -0.1) is 12.4 Å². The molecule has 0 N–H and O–H groups in total. The highest BCUT2D eigenvalue weighted by molar-refractivity contribution is 7.92. The third-order valence-electron chi connectivity index (χ3n) is 5.79. The first-order valence-electron chi connectivity index (χ1n) is 11.8. The zero-order valence-electron chi connectivity index (χ0n) is 21.7. The van der Waals surface area contributed by atoms with Gasteiger partial charge in [0.15, 0.2) is 5.13 Å². The number of aromatic nitrogens is 1. The lowest BCUT2D eigenvalue weighted by molar-refractivity contribution is 0.0985. The Morgan fingerprint density at radius 2 is 1.63 bits per heavy atom. The second-order valence-electron chi connectivity index (χ2n) is 8.65. The van der Waals surface area contributed by atoms with Gasteiger partial charge in [-0.25, -0.2) is 13.4 Å². The molecule has 0 aliphatic carbocycles. The fraction of sp³-hybridized carbons (Fsp3) is 0.259. The number of hydrogen-bond acceptors (Lipinski definition) is 7. The standard InChI is InChI=1S/C27H30N4O4S2.ClH/c1-5-35-22-13-16-24-25(19-22)36-27(28-24)31(18-17-29(2)3)26(32)20-11-14-23(15-12-20)37(33,34)30(4)21-9-7-6-8-10-21;/h6-16,19H,5,17-18H2,1-4H3;1H. The summed E-state index contributed by atoms with van der Waals surface area (Å²) in [4.78, 5) is 22.1. The Hall–Kier alpha value is -3.18. The monoisotopic (exact) mass is 574 g/mol. The number of rotatable bonds is 10. The Kier molecular flexibility index (Phi) is 9.72. The topological polar surface area (TPSA) is 83.0 Å². The highest BCUT2D eigenvalue weighted by Crippen LogP contribution is 2.32. The van der Waals surface area contributed by atoms with Crippen molar-refractivity contribution in [2.24, 2.45) is 0 Å². The molecule has 1 amide bonds. The summed E-state index contributed by atoms with van der Waals surface area (Å²) in [6.45, 7) is 3.57. The number of amides is 1. The van der Waals surface area contributed by atoms with Crippen LogP contribution in [-0.2, 0) is 10.0 Å². The molecule has 0 fully saturated rings. The summed E-state index contributed by atoms with van der Waals surface area (Å²) >= 11 is 1.42. The number of fused-ring (bicyclic) bond motifs is 1. The molecule has 0 atom stereocenters. The number of anilines is 2. The first-order chi connectivity index (χ1) is 17.7. The number of hydrogen-bond donors (Lipinski definition) is 0. The van der Waals surface area contributed by atoms with Crippen molar-refractivity contribution in [1.29, 1.82) is 0 Å². The number of carbonyl (C=O) groups is 1. The van der Waals surface area contributed by atoms with Crippen molar-refractivity contribution in [3.05, 3.63) is 78.4 Å². The maximum atomic E-state index is 13.6. The van der Waals surface area contributed by atoms with E-state index in [2.05, 4.69) is 0 Å². The van der Waals surface area contributed by atoms with Crippen molar-refractivity contribution in [3.63, 3.8) is 0 Å². The van der Waals surface area contributed by atoms with Crippen LogP contribution < -0.4 is 13.9 Å². The van der Waals surface area contributed by atoms with Crippen molar-refractivity contribution in [3.8, 4) is 5.75 Å². The van der Waals surface area contributed by atoms with Crippen molar-refractivity contribution in [2.45, 2.75) is 11.8 Å². The van der Waals surface area contributed by atoms with E-state index in [1.165, 1.54) is 34.8 Å². The van der Waals surface area contributed by atoms with E-state index in [-0.39, 0.29) is 23.2 Å². The van der Waals surface area contributed by atoms with E-state index in [0.717, 1.165) is 16.0 Å². The molecule has 0 saturated carbocycles. The molecule has 202 valence electrons. The molecule has 8 nitrogen and oxygen atoms in total. The van der Waals surface area contributed by atoms with E-state index < -0.39 is 10.0 Å². The van der Waals surface area contributed by atoms with Crippen LogP contribution in [0.15, 0.2) is 77.7 Å². The molecule has 4 rings (SSSR count). The van der Waals surface area contributed by atoms with Gasteiger partial charge >= 0.3 is 0 Å². The minimum atomic E-state index is -3.77. The number of carbonyl (C=O) groups excluding carboxylic acids is 1. The van der Waals surface area contributed by atoms with Crippen LogP contribution in [0, 0.1) is 0 Å². The molecular formula is C27H31ClN4O4S2. The number of para-hydroxylation sites is 1. The molecule has 0 unspecified atom stereocenters. The normalized spacial score (nSPS) is 11.3. The summed E-state index contributed by atoms with van der Waals surface area (Å²) < 4.78 is 34.0. The molecule has 38 heavy (non-hydrogen) atoms. The maximum Gasteiger partial charge on any atom is 0.264 e. The molecule has 3 aromatic carbocycles. The van der Waals surface area contributed by atoms with Crippen molar-refractivity contribution in [2.75, 3.05) is 50.0 Å². The van der Waals surface area contributed by atoms with Crippen LogP contribution >= 0.6 is 23.7 Å². The van der Waals surface area contributed by atoms with Crippen LogP contribution in [0.4, 0.5) is 10.8 Å². The van der Waals surface area contributed by atoms with Crippen molar-refractivity contribution in [1.82, 2.24) is 9.88 Å². The van der Waals surface area contributed by atoms with Crippen LogP contribution in [0.5, 0.6) is 5.75 Å². The Morgan fingerprint density at radius 1 is 0.947 bits per heavy atom. The number of benzene rings is 3. The summed E-state index contributed by atoms with van der Waals surface area (Å²) in [7, 11) is 1.62. The van der Waals surface area contributed by atoms with E-state index in [1.807, 2.05) is 50.2 Å². The van der Waals surface area contributed by atoms with E-state index in [1.54, 1.807) is 41.3 Å². The minimum Gasteiger partial charge on any atom is -0.494 e. The van der Waals surface area contributed by atoms with E-state index in [9.17, 15) is 13.2 Å². The quantitative estimate of drug-likeness (QED) is 0.260. The lowest BCUT2D eigenvalue weighted by Gasteiger charge is -2.22. The zero-order chi connectivity index (χ0) is 26.6. The Bertz CT molecular complexity index is 1480. The van der Waals surface area contributed by atoms with Gasteiger partial charge in [0, 0.05) is 25.7 Å². The molecule has 0 aliphatic rings. The van der Waals surface area contributed by atoms with E-state index >= 15 is 0 Å². The molecular weight excluding hydrogens is 544 g/mol. The van der Waals surface area contributed by atoms with Gasteiger partial charge in [-0.2, -0.15) is 0 Å². The highest BCUT2D eigenvalue weighted by Gasteiger charge is 2.24. The number of thiazole rings is 1. The molecule has 0 spiro atoms.